The maximum absolute atomic E-state index is 10.3. The van der Waals surface area contributed by atoms with E-state index in [0.29, 0.717) is 0 Å². The minimum atomic E-state index is -1.33. The Bertz CT molecular complexity index is 715. The van der Waals surface area contributed by atoms with Gasteiger partial charge in [-0.3, -0.25) is 0 Å². The van der Waals surface area contributed by atoms with Gasteiger partial charge in [0.2, 0.25) is 0 Å². The summed E-state index contributed by atoms with van der Waals surface area (Å²) in [6.07, 6.45) is -0.833. The van der Waals surface area contributed by atoms with Gasteiger partial charge in [-0.25, -0.2) is 9.59 Å². The molecule has 0 unspecified atom stereocenters. The number of carbonyl (C=O) groups is 4. The molecule has 11 heteroatoms. The van der Waals surface area contributed by atoms with Crippen molar-refractivity contribution in [2.45, 2.75) is 39.9 Å². The van der Waals surface area contributed by atoms with E-state index in [4.69, 9.17) is 10.2 Å². The second-order valence-corrected chi connectivity index (χ2v) is 6.44. The standard InChI is InChI=1S/2C8H6O4.2C3H7O.Ti/c2*9-7(10)5-1-2-6(4-3-5)8(11)12;2*1-3(2)4;/h2*1-4H,(H,9,10)(H,11,12);2*3H,1-2H3;/q;;2*-1;+4/p-2. The Balaban J connectivity index is -0.000000405. The Morgan fingerprint density at radius 1 is 0.576 bits per heavy atom. The third-order valence-electron chi connectivity index (χ3n) is 2.74. The summed E-state index contributed by atoms with van der Waals surface area (Å²) in [6, 6.07) is 9.64. The maximum atomic E-state index is 10.3. The van der Waals surface area contributed by atoms with Gasteiger partial charge in [-0.05, 0) is 35.4 Å². The van der Waals surface area contributed by atoms with Crippen molar-refractivity contribution >= 4 is 23.9 Å². The zero-order chi connectivity index (χ0) is 25.4. The zero-order valence-electron chi connectivity index (χ0n) is 18.4. The van der Waals surface area contributed by atoms with Crippen molar-refractivity contribution in [3.63, 3.8) is 0 Å². The molecule has 0 spiro atoms. The van der Waals surface area contributed by atoms with Gasteiger partial charge in [0, 0.05) is 0 Å². The second-order valence-electron chi connectivity index (χ2n) is 6.44. The molecule has 33 heavy (non-hydrogen) atoms. The molecule has 0 aromatic heterocycles. The van der Waals surface area contributed by atoms with Crippen molar-refractivity contribution in [2.24, 2.45) is 0 Å². The average molecular weight is 496 g/mol. The number of carboxylic acids is 4. The number of benzene rings is 2. The number of aromatic carboxylic acids is 4. The molecule has 0 aliphatic carbocycles. The summed E-state index contributed by atoms with van der Waals surface area (Å²) in [5.41, 5.74) is 0.0556. The number of hydrogen-bond acceptors (Lipinski definition) is 8. The molecular weight excluding hydrogens is 472 g/mol. The van der Waals surface area contributed by atoms with Crippen LogP contribution < -0.4 is 20.4 Å². The molecule has 2 N–H and O–H groups in total. The van der Waals surface area contributed by atoms with E-state index < -0.39 is 36.1 Å². The fourth-order valence-electron chi connectivity index (χ4n) is 1.50. The van der Waals surface area contributed by atoms with Crippen molar-refractivity contribution in [2.75, 3.05) is 0 Å². The predicted molar refractivity (Wildman–Crippen MR) is 106 cm³/mol. The molecule has 0 saturated heterocycles. The topological polar surface area (TPSA) is 201 Å². The van der Waals surface area contributed by atoms with Crippen LogP contribution in [-0.2, 0) is 21.7 Å². The normalized spacial score (nSPS) is 8.97. The van der Waals surface area contributed by atoms with Crippen LogP contribution in [-0.4, -0.2) is 46.3 Å². The van der Waals surface area contributed by atoms with E-state index in [9.17, 15) is 39.6 Å². The van der Waals surface area contributed by atoms with Gasteiger partial charge in [-0.15, -0.1) is 12.2 Å². The Kier molecular flexibility index (Phi) is 19.4. The van der Waals surface area contributed by atoms with E-state index in [1.807, 2.05) is 0 Å². The summed E-state index contributed by atoms with van der Waals surface area (Å²) >= 11 is 0. The molecule has 0 atom stereocenters. The number of hydrogen-bond donors (Lipinski definition) is 2. The van der Waals surface area contributed by atoms with Gasteiger partial charge in [-0.1, -0.05) is 52.0 Å². The predicted octanol–water partition coefficient (Wildman–Crippen LogP) is -0.996. The molecule has 0 radical (unpaired) electrons. The molecule has 176 valence electrons. The fourth-order valence-corrected chi connectivity index (χ4v) is 1.50. The molecule has 0 amide bonds. The average Bonchev–Trinajstić information content (AvgIpc) is 2.67. The van der Waals surface area contributed by atoms with Crippen molar-refractivity contribution in [3.05, 3.63) is 70.8 Å². The van der Waals surface area contributed by atoms with Crippen LogP contribution in [0.1, 0.15) is 69.1 Å². The Morgan fingerprint density at radius 2 is 0.727 bits per heavy atom. The largest absolute Gasteiger partial charge is 4.00 e. The third kappa shape index (κ3) is 19.4. The molecule has 0 saturated carbocycles. The van der Waals surface area contributed by atoms with Crippen molar-refractivity contribution < 1.29 is 71.5 Å². The Labute approximate surface area is 206 Å². The maximum Gasteiger partial charge on any atom is 4.00 e. The van der Waals surface area contributed by atoms with Crippen molar-refractivity contribution in [3.8, 4) is 0 Å². The first-order valence-corrected chi connectivity index (χ1v) is 9.10. The van der Waals surface area contributed by atoms with Crippen LogP contribution in [0, 0.1) is 0 Å². The van der Waals surface area contributed by atoms with Crippen molar-refractivity contribution in [1.29, 1.82) is 0 Å². The molecule has 0 aliphatic rings. The smallest absolute Gasteiger partial charge is 0.852 e. The minimum Gasteiger partial charge on any atom is -0.852 e. The van der Waals surface area contributed by atoms with Crippen LogP contribution in [0.15, 0.2) is 48.5 Å². The summed E-state index contributed by atoms with van der Waals surface area (Å²) in [5.74, 6) is -4.79. The molecule has 0 heterocycles. The van der Waals surface area contributed by atoms with Gasteiger partial charge in [0.25, 0.3) is 0 Å². The number of carbonyl (C=O) groups excluding carboxylic acids is 2. The molecule has 0 fully saturated rings. The van der Waals surface area contributed by atoms with Gasteiger partial charge < -0.3 is 40.2 Å². The second kappa shape index (κ2) is 18.5. The monoisotopic (exact) mass is 496 g/mol. The van der Waals surface area contributed by atoms with Gasteiger partial charge in [0.15, 0.2) is 0 Å². The molecule has 0 bridgehead atoms. The van der Waals surface area contributed by atoms with Crippen LogP contribution in [0.2, 0.25) is 0 Å². The molecule has 0 aliphatic heterocycles. The summed E-state index contributed by atoms with van der Waals surface area (Å²) < 4.78 is 0. The van der Waals surface area contributed by atoms with E-state index >= 15 is 0 Å². The van der Waals surface area contributed by atoms with Crippen LogP contribution >= 0.6 is 0 Å². The SMILES string of the molecule is CC(C)[O-].CC(C)[O-].O=C(O)c1ccc(C(=O)O)cc1.O=C([O-])c1ccc(C(=O)[O-])cc1.[Ti+4]. The summed E-state index contributed by atoms with van der Waals surface area (Å²) in [6.45, 7) is 6.44. The Morgan fingerprint density at radius 3 is 0.848 bits per heavy atom. The van der Waals surface area contributed by atoms with Gasteiger partial charge >= 0.3 is 33.7 Å². The molecule has 2 aromatic carbocycles. The van der Waals surface area contributed by atoms with Gasteiger partial charge in [0.1, 0.15) is 0 Å². The van der Waals surface area contributed by atoms with E-state index in [1.54, 1.807) is 27.7 Å². The van der Waals surface area contributed by atoms with Gasteiger partial charge in [0.05, 0.1) is 23.1 Å². The first-order valence-electron chi connectivity index (χ1n) is 9.10. The van der Waals surface area contributed by atoms with Crippen molar-refractivity contribution in [1.82, 2.24) is 0 Å². The van der Waals surface area contributed by atoms with E-state index in [2.05, 4.69) is 0 Å². The van der Waals surface area contributed by atoms with E-state index in [-0.39, 0.29) is 44.0 Å². The molecule has 10 nitrogen and oxygen atoms in total. The summed E-state index contributed by atoms with van der Waals surface area (Å²) in [5, 5.41) is 56.4. The van der Waals surface area contributed by atoms with Gasteiger partial charge in [-0.2, -0.15) is 0 Å². The third-order valence-corrected chi connectivity index (χ3v) is 2.74. The quantitative estimate of drug-likeness (QED) is 0.495. The molecule has 2 rings (SSSR count). The van der Waals surface area contributed by atoms with Crippen LogP contribution in [0.3, 0.4) is 0 Å². The van der Waals surface area contributed by atoms with E-state index in [0.717, 1.165) is 24.3 Å². The minimum absolute atomic E-state index is 0. The summed E-state index contributed by atoms with van der Waals surface area (Å²) in [4.78, 5) is 41.1. The molecule has 2 aromatic rings. The summed E-state index contributed by atoms with van der Waals surface area (Å²) in [7, 11) is 0. The number of carboxylic acid groups (broad SMARTS) is 4. The fraction of sp³-hybridized carbons (Fsp3) is 0.273. The van der Waals surface area contributed by atoms with E-state index in [1.165, 1.54) is 24.3 Å². The first-order chi connectivity index (χ1) is 14.7. The number of rotatable bonds is 4. The Hall–Kier alpha value is -3.05. The zero-order valence-corrected chi connectivity index (χ0v) is 20.0. The van der Waals surface area contributed by atoms with Crippen LogP contribution in [0.5, 0.6) is 0 Å². The van der Waals surface area contributed by atoms with Crippen LogP contribution in [0.25, 0.3) is 0 Å². The first kappa shape index (κ1) is 34.6. The van der Waals surface area contributed by atoms with Crippen LogP contribution in [0.4, 0.5) is 0 Å². The molecular formula is C22H24O10Ti.